The molecule has 2 amide bonds. The molecule has 2 fully saturated rings. The number of hydrogen-bond acceptors (Lipinski definition) is 6. The lowest BCUT2D eigenvalue weighted by atomic mass is 9.69. The maximum atomic E-state index is 13.4. The minimum atomic E-state index is -1.07. The second-order valence-electron chi connectivity index (χ2n) is 11.1. The molecule has 3 rings (SSSR count). The van der Waals surface area contributed by atoms with E-state index in [1.54, 1.807) is 25.7 Å². The van der Waals surface area contributed by atoms with Crippen LogP contribution >= 0.6 is 0 Å². The van der Waals surface area contributed by atoms with Crippen LogP contribution in [0.3, 0.4) is 0 Å². The Bertz CT molecular complexity index is 881. The summed E-state index contributed by atoms with van der Waals surface area (Å²) >= 11 is 0. The van der Waals surface area contributed by atoms with Crippen LogP contribution in [0, 0.1) is 5.92 Å². The zero-order valence-electron chi connectivity index (χ0n) is 21.3. The Balaban J connectivity index is 1.68. The van der Waals surface area contributed by atoms with Gasteiger partial charge < -0.3 is 19.1 Å². The Morgan fingerprint density at radius 1 is 0.882 bits per heavy atom. The monoisotopic (exact) mass is 474 g/mol. The van der Waals surface area contributed by atoms with Crippen molar-refractivity contribution in [2.45, 2.75) is 84.2 Å². The van der Waals surface area contributed by atoms with Crippen LogP contribution in [-0.4, -0.2) is 64.3 Å². The van der Waals surface area contributed by atoms with E-state index < -0.39 is 28.8 Å². The van der Waals surface area contributed by atoms with Gasteiger partial charge in [0.15, 0.2) is 0 Å². The van der Waals surface area contributed by atoms with Crippen LogP contribution in [-0.2, 0) is 25.6 Å². The van der Waals surface area contributed by atoms with Gasteiger partial charge in [0, 0.05) is 19.6 Å². The number of carbonyl (C=O) groups is 3. The Hall–Kier alpha value is -2.77. The Morgan fingerprint density at radius 2 is 1.47 bits per heavy atom. The molecule has 0 spiro atoms. The second kappa shape index (κ2) is 9.84. The first-order valence-corrected chi connectivity index (χ1v) is 12.0. The molecule has 0 saturated carbocycles. The average Bonchev–Trinajstić information content (AvgIpc) is 2.70. The van der Waals surface area contributed by atoms with Gasteiger partial charge in [0.1, 0.15) is 23.3 Å². The van der Waals surface area contributed by atoms with Gasteiger partial charge >= 0.3 is 18.2 Å². The first kappa shape index (κ1) is 25.8. The molecule has 2 saturated heterocycles. The molecule has 1 aromatic carbocycles. The van der Waals surface area contributed by atoms with Crippen molar-refractivity contribution in [3.05, 3.63) is 35.9 Å². The smallest absolute Gasteiger partial charge is 0.411 e. The topological polar surface area (TPSA) is 85.4 Å². The predicted molar refractivity (Wildman–Crippen MR) is 127 cm³/mol. The predicted octanol–water partition coefficient (Wildman–Crippen LogP) is 4.76. The van der Waals surface area contributed by atoms with Gasteiger partial charge in [0.2, 0.25) is 0 Å². The third-order valence-corrected chi connectivity index (χ3v) is 6.20. The third kappa shape index (κ3) is 6.02. The standard InChI is InChI=1S/C26H38N2O6/c1-24(2,3)33-21(29)26(14-17-28(26)23(31)34-25(4,5)6)20-12-15-27(16-13-20)22(30)32-18-19-10-8-7-9-11-19/h7-11,20H,12-18H2,1-6H3/t26-/m1/s1. The summed E-state index contributed by atoms with van der Waals surface area (Å²) in [5, 5.41) is 0. The molecule has 8 nitrogen and oxygen atoms in total. The Morgan fingerprint density at radius 3 is 1.97 bits per heavy atom. The molecule has 188 valence electrons. The van der Waals surface area contributed by atoms with Gasteiger partial charge in [0.05, 0.1) is 0 Å². The highest BCUT2D eigenvalue weighted by atomic mass is 16.6. The van der Waals surface area contributed by atoms with Crippen LogP contribution in [0.4, 0.5) is 9.59 Å². The van der Waals surface area contributed by atoms with Gasteiger partial charge in [-0.05, 0) is 72.3 Å². The first-order valence-electron chi connectivity index (χ1n) is 12.0. The van der Waals surface area contributed by atoms with Crippen LogP contribution in [0.2, 0.25) is 0 Å². The van der Waals surface area contributed by atoms with Crippen molar-refractivity contribution >= 4 is 18.2 Å². The Kier molecular flexibility index (Phi) is 7.48. The van der Waals surface area contributed by atoms with E-state index in [-0.39, 0.29) is 18.6 Å². The number of carbonyl (C=O) groups excluding carboxylic acids is 3. The van der Waals surface area contributed by atoms with Crippen molar-refractivity contribution in [2.24, 2.45) is 5.92 Å². The van der Waals surface area contributed by atoms with E-state index in [1.165, 1.54) is 4.90 Å². The highest BCUT2D eigenvalue weighted by molar-refractivity contribution is 5.88. The van der Waals surface area contributed by atoms with Crippen molar-refractivity contribution < 1.29 is 28.6 Å². The summed E-state index contributed by atoms with van der Waals surface area (Å²) in [4.78, 5) is 42.2. The number of rotatable bonds is 4. The number of benzene rings is 1. The maximum absolute atomic E-state index is 13.4. The lowest BCUT2D eigenvalue weighted by Crippen LogP contribution is -2.72. The normalized spacial score (nSPS) is 21.5. The van der Waals surface area contributed by atoms with Gasteiger partial charge in [-0.15, -0.1) is 0 Å². The number of likely N-dealkylation sites (tertiary alicyclic amines) is 2. The quantitative estimate of drug-likeness (QED) is 0.462. The molecule has 0 aromatic heterocycles. The van der Waals surface area contributed by atoms with Crippen LogP contribution in [0.15, 0.2) is 30.3 Å². The summed E-state index contributed by atoms with van der Waals surface area (Å²) in [5.41, 5.74) is -1.49. The van der Waals surface area contributed by atoms with Crippen molar-refractivity contribution in [1.82, 2.24) is 9.80 Å². The summed E-state index contributed by atoms with van der Waals surface area (Å²) in [5.74, 6) is -0.538. The molecular formula is C26H38N2O6. The van der Waals surface area contributed by atoms with Gasteiger partial charge in [-0.1, -0.05) is 30.3 Å². The van der Waals surface area contributed by atoms with Crippen molar-refractivity contribution in [2.75, 3.05) is 19.6 Å². The lowest BCUT2D eigenvalue weighted by Gasteiger charge is -2.55. The zero-order valence-corrected chi connectivity index (χ0v) is 21.3. The van der Waals surface area contributed by atoms with E-state index in [2.05, 4.69) is 0 Å². The summed E-state index contributed by atoms with van der Waals surface area (Å²) in [6.45, 7) is 12.4. The average molecular weight is 475 g/mol. The number of nitrogens with zero attached hydrogens (tertiary/aromatic N) is 2. The van der Waals surface area contributed by atoms with Gasteiger partial charge in [0.25, 0.3) is 0 Å². The molecule has 0 bridgehead atoms. The highest BCUT2D eigenvalue weighted by Gasteiger charge is 2.61. The molecule has 2 heterocycles. The molecular weight excluding hydrogens is 436 g/mol. The van der Waals surface area contributed by atoms with E-state index in [0.717, 1.165) is 5.56 Å². The van der Waals surface area contributed by atoms with Crippen LogP contribution < -0.4 is 0 Å². The summed E-state index contributed by atoms with van der Waals surface area (Å²) in [6.07, 6.45) is 0.780. The molecule has 0 unspecified atom stereocenters. The fraction of sp³-hybridized carbons (Fsp3) is 0.654. The van der Waals surface area contributed by atoms with Crippen LogP contribution in [0.1, 0.15) is 66.4 Å². The first-order chi connectivity index (χ1) is 15.8. The van der Waals surface area contributed by atoms with Gasteiger partial charge in [-0.3, -0.25) is 4.90 Å². The van der Waals surface area contributed by atoms with E-state index in [9.17, 15) is 14.4 Å². The lowest BCUT2D eigenvalue weighted by molar-refractivity contribution is -0.186. The van der Waals surface area contributed by atoms with E-state index in [0.29, 0.717) is 38.9 Å². The maximum Gasteiger partial charge on any atom is 0.411 e. The molecule has 0 radical (unpaired) electrons. The van der Waals surface area contributed by atoms with Crippen molar-refractivity contribution in [3.8, 4) is 0 Å². The molecule has 8 heteroatoms. The fourth-order valence-electron chi connectivity index (χ4n) is 4.56. The summed E-state index contributed by atoms with van der Waals surface area (Å²) in [7, 11) is 0. The van der Waals surface area contributed by atoms with Crippen molar-refractivity contribution in [1.29, 1.82) is 0 Å². The minimum Gasteiger partial charge on any atom is -0.458 e. The minimum absolute atomic E-state index is 0.137. The van der Waals surface area contributed by atoms with Crippen LogP contribution in [0.5, 0.6) is 0 Å². The molecule has 2 aliphatic rings. The SMILES string of the molecule is CC(C)(C)OC(=O)N1CC[C@]1(C(=O)OC(C)(C)C)C1CCN(C(=O)OCc2ccccc2)CC1. The molecule has 1 aromatic rings. The van der Waals surface area contributed by atoms with Gasteiger partial charge in [-0.25, -0.2) is 14.4 Å². The molecule has 2 aliphatic heterocycles. The number of esters is 1. The van der Waals surface area contributed by atoms with Crippen molar-refractivity contribution in [3.63, 3.8) is 0 Å². The number of amides is 2. The second-order valence-corrected chi connectivity index (χ2v) is 11.1. The summed E-state index contributed by atoms with van der Waals surface area (Å²) in [6, 6.07) is 9.54. The van der Waals surface area contributed by atoms with E-state index in [4.69, 9.17) is 14.2 Å². The number of hydrogen-bond donors (Lipinski definition) is 0. The van der Waals surface area contributed by atoms with E-state index >= 15 is 0 Å². The van der Waals surface area contributed by atoms with Crippen LogP contribution in [0.25, 0.3) is 0 Å². The molecule has 34 heavy (non-hydrogen) atoms. The molecule has 0 aliphatic carbocycles. The third-order valence-electron chi connectivity index (χ3n) is 6.20. The van der Waals surface area contributed by atoms with E-state index in [1.807, 2.05) is 51.1 Å². The van der Waals surface area contributed by atoms with Gasteiger partial charge in [-0.2, -0.15) is 0 Å². The largest absolute Gasteiger partial charge is 0.458 e. The summed E-state index contributed by atoms with van der Waals surface area (Å²) < 4.78 is 16.8. The zero-order chi connectivity index (χ0) is 25.1. The number of ether oxygens (including phenoxy) is 3. The highest BCUT2D eigenvalue weighted by Crippen LogP contribution is 2.45. The Labute approximate surface area is 202 Å². The number of piperidine rings is 1. The fourth-order valence-corrected chi connectivity index (χ4v) is 4.56. The molecule has 1 atom stereocenters. The molecule has 0 N–H and O–H groups in total.